The van der Waals surface area contributed by atoms with Crippen LogP contribution in [0.4, 0.5) is 0 Å². The molecule has 0 saturated heterocycles. The van der Waals surface area contributed by atoms with Crippen molar-refractivity contribution in [3.05, 3.63) is 24.3 Å². The number of allylic oxidation sites excluding steroid dienone is 4. The summed E-state index contributed by atoms with van der Waals surface area (Å²) in [6.45, 7) is 6.69. The molecule has 0 aliphatic heterocycles. The van der Waals surface area contributed by atoms with E-state index < -0.39 is 6.10 Å². The highest BCUT2D eigenvalue weighted by atomic mass is 16.6. The Hall–Kier alpha value is -2.11. The summed E-state index contributed by atoms with van der Waals surface area (Å²) in [5.41, 5.74) is 0. The first-order valence-electron chi connectivity index (χ1n) is 31.3. The summed E-state index contributed by atoms with van der Waals surface area (Å²) >= 11 is 0. The Bertz CT molecular complexity index is 1130. The Morgan fingerprint density at radius 3 is 0.714 bits per heavy atom. The normalized spacial score (nSPS) is 12.1. The monoisotopic (exact) mass is 985 g/mol. The number of hydrogen-bond acceptors (Lipinski definition) is 6. The lowest BCUT2D eigenvalue weighted by Crippen LogP contribution is -2.30. The summed E-state index contributed by atoms with van der Waals surface area (Å²) in [6.07, 6.45) is 70.3. The molecule has 1 unspecified atom stereocenters. The van der Waals surface area contributed by atoms with Crippen LogP contribution >= 0.6 is 0 Å². The second-order valence-electron chi connectivity index (χ2n) is 21.3. The van der Waals surface area contributed by atoms with Gasteiger partial charge in [-0.25, -0.2) is 0 Å². The van der Waals surface area contributed by atoms with E-state index in [1.807, 2.05) is 0 Å². The first-order chi connectivity index (χ1) is 34.5. The molecule has 0 spiro atoms. The molecule has 0 aliphatic rings. The standard InChI is InChI=1S/C64H120O6/c1-4-7-10-13-16-19-22-25-28-30-31-32-33-34-37-39-42-45-48-51-54-57-63(66)69-60-61(59-68-62(65)56-53-50-47-44-41-38-35-27-24-21-18-15-12-9-6-3)70-64(67)58-55-52-49-46-43-40-36-29-26-23-20-17-14-11-8-5-2/h27,30-31,35,61H,4-26,28-29,32-34,36-60H2,1-3H3/b31-30-,35-27-. The maximum absolute atomic E-state index is 12.9. The molecule has 0 rings (SSSR count). The van der Waals surface area contributed by atoms with Gasteiger partial charge < -0.3 is 14.2 Å². The third kappa shape index (κ3) is 56.8. The van der Waals surface area contributed by atoms with E-state index in [1.165, 1.54) is 244 Å². The number of rotatable bonds is 58. The van der Waals surface area contributed by atoms with E-state index in [0.29, 0.717) is 19.3 Å². The molecule has 0 amide bonds. The summed E-state index contributed by atoms with van der Waals surface area (Å²) in [5, 5.41) is 0. The van der Waals surface area contributed by atoms with Gasteiger partial charge in [-0.15, -0.1) is 0 Å². The van der Waals surface area contributed by atoms with E-state index in [-0.39, 0.29) is 31.1 Å². The van der Waals surface area contributed by atoms with Gasteiger partial charge in [0, 0.05) is 19.3 Å². The van der Waals surface area contributed by atoms with Crippen LogP contribution in [0.2, 0.25) is 0 Å². The first-order valence-corrected chi connectivity index (χ1v) is 31.3. The van der Waals surface area contributed by atoms with Crippen LogP contribution in [-0.2, 0) is 28.6 Å². The molecule has 0 N–H and O–H groups in total. The van der Waals surface area contributed by atoms with Gasteiger partial charge in [0.2, 0.25) is 0 Å². The Morgan fingerprint density at radius 2 is 0.471 bits per heavy atom. The van der Waals surface area contributed by atoms with E-state index in [9.17, 15) is 14.4 Å². The van der Waals surface area contributed by atoms with E-state index >= 15 is 0 Å². The smallest absolute Gasteiger partial charge is 0.306 e. The number of carbonyl (C=O) groups is 3. The molecule has 0 aromatic carbocycles. The number of ether oxygens (including phenoxy) is 3. The van der Waals surface area contributed by atoms with Gasteiger partial charge >= 0.3 is 17.9 Å². The van der Waals surface area contributed by atoms with E-state index in [4.69, 9.17) is 14.2 Å². The third-order valence-corrected chi connectivity index (χ3v) is 14.2. The summed E-state index contributed by atoms with van der Waals surface area (Å²) in [5.74, 6) is -0.856. The highest BCUT2D eigenvalue weighted by Gasteiger charge is 2.19. The SMILES string of the molecule is CCCCCCCC/C=C\CCCCCCCC(=O)OCC(COC(=O)CCCCCCCCCCC/C=C\CCCCCCCCCC)OC(=O)CCCCCCCCCCCCCCCCCC. The van der Waals surface area contributed by atoms with Gasteiger partial charge in [0.05, 0.1) is 0 Å². The van der Waals surface area contributed by atoms with Crippen LogP contribution in [0.1, 0.15) is 348 Å². The van der Waals surface area contributed by atoms with Gasteiger partial charge in [-0.1, -0.05) is 283 Å². The minimum atomic E-state index is -0.772. The number of unbranched alkanes of at least 4 members (excludes halogenated alkanes) is 43. The van der Waals surface area contributed by atoms with Crippen LogP contribution in [0.25, 0.3) is 0 Å². The largest absolute Gasteiger partial charge is 0.462 e. The van der Waals surface area contributed by atoms with Crippen molar-refractivity contribution in [2.75, 3.05) is 13.2 Å². The molecule has 0 fully saturated rings. The van der Waals surface area contributed by atoms with Crippen LogP contribution in [-0.4, -0.2) is 37.2 Å². The molecule has 0 bridgehead atoms. The van der Waals surface area contributed by atoms with E-state index in [0.717, 1.165) is 64.2 Å². The molecule has 0 radical (unpaired) electrons. The molecule has 0 aliphatic carbocycles. The predicted octanol–water partition coefficient (Wildman–Crippen LogP) is 21.1. The summed E-state index contributed by atoms with van der Waals surface area (Å²) < 4.78 is 16.9. The van der Waals surface area contributed by atoms with Crippen molar-refractivity contribution in [2.45, 2.75) is 354 Å². The molecule has 0 aromatic heterocycles. The Morgan fingerprint density at radius 1 is 0.271 bits per heavy atom. The van der Waals surface area contributed by atoms with Crippen molar-refractivity contribution >= 4 is 17.9 Å². The molecule has 70 heavy (non-hydrogen) atoms. The summed E-state index contributed by atoms with van der Waals surface area (Å²) in [4.78, 5) is 38.3. The topological polar surface area (TPSA) is 78.9 Å². The number of carbonyl (C=O) groups excluding carboxylic acids is 3. The van der Waals surface area contributed by atoms with Crippen LogP contribution in [0.3, 0.4) is 0 Å². The number of esters is 3. The second-order valence-corrected chi connectivity index (χ2v) is 21.3. The van der Waals surface area contributed by atoms with Crippen LogP contribution in [0, 0.1) is 0 Å². The molecule has 0 heterocycles. The molecule has 6 nitrogen and oxygen atoms in total. The summed E-state index contributed by atoms with van der Waals surface area (Å²) in [6, 6.07) is 0. The van der Waals surface area contributed by atoms with Gasteiger partial charge in [-0.05, 0) is 70.6 Å². The number of hydrogen-bond donors (Lipinski definition) is 0. The third-order valence-electron chi connectivity index (χ3n) is 14.2. The van der Waals surface area contributed by atoms with E-state index in [1.54, 1.807) is 0 Å². The molecule has 0 saturated carbocycles. The fourth-order valence-electron chi connectivity index (χ4n) is 9.44. The average Bonchev–Trinajstić information content (AvgIpc) is 3.36. The Labute approximate surface area is 436 Å². The second kappa shape index (κ2) is 59.5. The Balaban J connectivity index is 4.31. The fraction of sp³-hybridized carbons (Fsp3) is 0.891. The predicted molar refractivity (Wildman–Crippen MR) is 303 cm³/mol. The molecule has 6 heteroatoms. The quantitative estimate of drug-likeness (QED) is 0.0261. The van der Waals surface area contributed by atoms with Crippen LogP contribution in [0.15, 0.2) is 24.3 Å². The van der Waals surface area contributed by atoms with Gasteiger partial charge in [-0.3, -0.25) is 14.4 Å². The molecular weight excluding hydrogens is 865 g/mol. The molecule has 1 atom stereocenters. The van der Waals surface area contributed by atoms with Gasteiger partial charge in [-0.2, -0.15) is 0 Å². The van der Waals surface area contributed by atoms with Gasteiger partial charge in [0.25, 0.3) is 0 Å². The zero-order chi connectivity index (χ0) is 50.7. The van der Waals surface area contributed by atoms with Crippen molar-refractivity contribution in [1.82, 2.24) is 0 Å². The highest BCUT2D eigenvalue weighted by molar-refractivity contribution is 5.71. The van der Waals surface area contributed by atoms with Crippen molar-refractivity contribution in [3.8, 4) is 0 Å². The van der Waals surface area contributed by atoms with Gasteiger partial charge in [0.15, 0.2) is 6.10 Å². The minimum absolute atomic E-state index is 0.0702. The zero-order valence-electron chi connectivity index (χ0n) is 47.3. The molecular formula is C64H120O6. The fourth-order valence-corrected chi connectivity index (χ4v) is 9.44. The maximum Gasteiger partial charge on any atom is 0.306 e. The minimum Gasteiger partial charge on any atom is -0.462 e. The van der Waals surface area contributed by atoms with Crippen molar-refractivity contribution in [2.24, 2.45) is 0 Å². The lowest BCUT2D eigenvalue weighted by atomic mass is 10.0. The highest BCUT2D eigenvalue weighted by Crippen LogP contribution is 2.17. The lowest BCUT2D eigenvalue weighted by Gasteiger charge is -2.18. The molecule has 412 valence electrons. The Kier molecular flexibility index (Phi) is 57.7. The van der Waals surface area contributed by atoms with Crippen molar-refractivity contribution in [3.63, 3.8) is 0 Å². The van der Waals surface area contributed by atoms with Crippen LogP contribution < -0.4 is 0 Å². The lowest BCUT2D eigenvalue weighted by molar-refractivity contribution is -0.167. The summed E-state index contributed by atoms with van der Waals surface area (Å²) in [7, 11) is 0. The first kappa shape index (κ1) is 67.9. The van der Waals surface area contributed by atoms with E-state index in [2.05, 4.69) is 45.1 Å². The average molecular weight is 986 g/mol. The zero-order valence-corrected chi connectivity index (χ0v) is 47.3. The van der Waals surface area contributed by atoms with Gasteiger partial charge in [0.1, 0.15) is 13.2 Å². The van der Waals surface area contributed by atoms with Crippen LogP contribution in [0.5, 0.6) is 0 Å². The maximum atomic E-state index is 12.9. The molecule has 0 aromatic rings. The van der Waals surface area contributed by atoms with Crippen molar-refractivity contribution in [1.29, 1.82) is 0 Å². The van der Waals surface area contributed by atoms with Crippen molar-refractivity contribution < 1.29 is 28.6 Å².